The van der Waals surface area contributed by atoms with Crippen molar-refractivity contribution >= 4 is 10.9 Å². The van der Waals surface area contributed by atoms with E-state index >= 15 is 0 Å². The van der Waals surface area contributed by atoms with Crippen molar-refractivity contribution in [3.8, 4) is 22.6 Å². The van der Waals surface area contributed by atoms with Crippen molar-refractivity contribution in [3.05, 3.63) is 54.4 Å². The molecule has 0 aliphatic heterocycles. The van der Waals surface area contributed by atoms with Gasteiger partial charge in [0.1, 0.15) is 6.33 Å². The first-order valence-electron chi connectivity index (χ1n) is 7.28. The Morgan fingerprint density at radius 2 is 1.95 bits per heavy atom. The van der Waals surface area contributed by atoms with E-state index in [-0.39, 0.29) is 0 Å². The van der Waals surface area contributed by atoms with Crippen LogP contribution in [-0.2, 0) is 6.42 Å². The Morgan fingerprint density at radius 3 is 2.77 bits per heavy atom. The van der Waals surface area contributed by atoms with Gasteiger partial charge in [-0.25, -0.2) is 4.98 Å². The number of aryl methyl sites for hydroxylation is 1. The third kappa shape index (κ3) is 2.07. The van der Waals surface area contributed by atoms with E-state index < -0.39 is 0 Å². The van der Waals surface area contributed by atoms with Gasteiger partial charge in [0.2, 0.25) is 0 Å². The van der Waals surface area contributed by atoms with Crippen LogP contribution in [0.2, 0.25) is 0 Å². The molecule has 2 heterocycles. The summed E-state index contributed by atoms with van der Waals surface area (Å²) in [7, 11) is 0. The molecule has 0 spiro atoms. The molecule has 0 aliphatic carbocycles. The molecule has 0 bridgehead atoms. The van der Waals surface area contributed by atoms with Crippen LogP contribution in [0.25, 0.3) is 33.5 Å². The maximum Gasteiger partial charge on any atom is 0.155 e. The minimum Gasteiger partial charge on any atom is -0.277 e. The topological polar surface area (TPSA) is 70.2 Å². The van der Waals surface area contributed by atoms with E-state index in [1.165, 1.54) is 11.9 Å². The molecule has 22 heavy (non-hydrogen) atoms. The number of aromatic amines is 2. The number of hydrogen-bond acceptors (Lipinski definition) is 3. The zero-order valence-electron chi connectivity index (χ0n) is 12.2. The Bertz CT molecular complexity index is 921. The van der Waals surface area contributed by atoms with Crippen molar-refractivity contribution in [1.29, 1.82) is 0 Å². The summed E-state index contributed by atoms with van der Waals surface area (Å²) in [5.41, 5.74) is 5.41. The van der Waals surface area contributed by atoms with Crippen LogP contribution in [0, 0.1) is 0 Å². The maximum absolute atomic E-state index is 4.49. The van der Waals surface area contributed by atoms with Crippen LogP contribution >= 0.6 is 0 Å². The molecular formula is C17H15N5. The van der Waals surface area contributed by atoms with Crippen LogP contribution in [0.1, 0.15) is 12.5 Å². The lowest BCUT2D eigenvalue weighted by molar-refractivity contribution is 1.10. The number of nitrogens with zero attached hydrogens (tertiary/aromatic N) is 3. The third-order valence-electron chi connectivity index (χ3n) is 3.86. The molecular weight excluding hydrogens is 274 g/mol. The Morgan fingerprint density at radius 1 is 1.00 bits per heavy atom. The maximum atomic E-state index is 4.49. The van der Waals surface area contributed by atoms with E-state index in [2.05, 4.69) is 62.6 Å². The van der Waals surface area contributed by atoms with Gasteiger partial charge in [-0.05, 0) is 36.2 Å². The number of nitrogens with one attached hydrogen (secondary N) is 2. The van der Waals surface area contributed by atoms with Crippen molar-refractivity contribution in [2.24, 2.45) is 0 Å². The molecule has 0 saturated heterocycles. The smallest absolute Gasteiger partial charge is 0.155 e. The SMILES string of the molecule is CCc1cccc(-c2n[nH]c3ccc(-c4ncn[nH]4)cc23)c1. The number of rotatable bonds is 3. The molecule has 2 N–H and O–H groups in total. The summed E-state index contributed by atoms with van der Waals surface area (Å²) >= 11 is 0. The monoisotopic (exact) mass is 289 g/mol. The number of hydrogen-bond donors (Lipinski definition) is 2. The van der Waals surface area contributed by atoms with Crippen LogP contribution in [0.4, 0.5) is 0 Å². The molecule has 0 unspecified atom stereocenters. The predicted molar refractivity (Wildman–Crippen MR) is 86.3 cm³/mol. The number of H-pyrrole nitrogens is 2. The van der Waals surface area contributed by atoms with Crippen LogP contribution < -0.4 is 0 Å². The summed E-state index contributed by atoms with van der Waals surface area (Å²) in [6.07, 6.45) is 2.53. The Balaban J connectivity index is 1.89. The van der Waals surface area contributed by atoms with Gasteiger partial charge in [-0.2, -0.15) is 10.2 Å². The Labute approximate surface area is 127 Å². The van der Waals surface area contributed by atoms with Crippen LogP contribution in [0.5, 0.6) is 0 Å². The van der Waals surface area contributed by atoms with Gasteiger partial charge < -0.3 is 0 Å². The van der Waals surface area contributed by atoms with E-state index in [4.69, 9.17) is 0 Å². The lowest BCUT2D eigenvalue weighted by Gasteiger charge is -2.02. The highest BCUT2D eigenvalue weighted by Gasteiger charge is 2.10. The highest BCUT2D eigenvalue weighted by atomic mass is 15.2. The lowest BCUT2D eigenvalue weighted by atomic mass is 10.0. The first-order valence-corrected chi connectivity index (χ1v) is 7.28. The van der Waals surface area contributed by atoms with Gasteiger partial charge in [-0.3, -0.25) is 10.2 Å². The second kappa shape index (κ2) is 5.11. The minimum absolute atomic E-state index is 0.761. The lowest BCUT2D eigenvalue weighted by Crippen LogP contribution is -1.84. The molecule has 108 valence electrons. The highest BCUT2D eigenvalue weighted by Crippen LogP contribution is 2.29. The normalized spacial score (nSPS) is 11.1. The van der Waals surface area contributed by atoms with Crippen LogP contribution in [-0.4, -0.2) is 25.4 Å². The highest BCUT2D eigenvalue weighted by molar-refractivity contribution is 5.95. The largest absolute Gasteiger partial charge is 0.277 e. The summed E-state index contributed by atoms with van der Waals surface area (Å²) in [5.74, 6) is 0.761. The van der Waals surface area contributed by atoms with E-state index in [0.29, 0.717) is 0 Å². The summed E-state index contributed by atoms with van der Waals surface area (Å²) in [6, 6.07) is 14.6. The van der Waals surface area contributed by atoms with Crippen molar-refractivity contribution in [1.82, 2.24) is 25.4 Å². The van der Waals surface area contributed by atoms with Crippen molar-refractivity contribution in [2.45, 2.75) is 13.3 Å². The number of benzene rings is 2. The Kier molecular flexibility index (Phi) is 2.96. The van der Waals surface area contributed by atoms with Gasteiger partial charge in [0.15, 0.2) is 5.82 Å². The molecule has 0 aliphatic rings. The molecule has 5 nitrogen and oxygen atoms in total. The molecule has 0 atom stereocenters. The zero-order chi connectivity index (χ0) is 14.9. The molecule has 2 aromatic carbocycles. The second-order valence-corrected chi connectivity index (χ2v) is 5.22. The molecule has 0 saturated carbocycles. The Hall–Kier alpha value is -2.95. The van der Waals surface area contributed by atoms with Crippen molar-refractivity contribution in [2.75, 3.05) is 0 Å². The molecule has 4 aromatic rings. The fourth-order valence-corrected chi connectivity index (χ4v) is 2.66. The van der Waals surface area contributed by atoms with E-state index in [0.717, 1.165) is 40.0 Å². The fourth-order valence-electron chi connectivity index (χ4n) is 2.66. The standard InChI is InChI=1S/C17H15N5/c1-2-11-4-3-5-12(8-11)16-14-9-13(17-18-10-19-22-17)6-7-15(14)20-21-16/h3-10H,2H2,1H3,(H,20,21)(H,18,19,22). The minimum atomic E-state index is 0.761. The van der Waals surface area contributed by atoms with E-state index in [1.807, 2.05) is 12.1 Å². The quantitative estimate of drug-likeness (QED) is 0.605. The molecule has 2 aromatic heterocycles. The third-order valence-corrected chi connectivity index (χ3v) is 3.86. The summed E-state index contributed by atoms with van der Waals surface area (Å²) in [5, 5.41) is 15.5. The predicted octanol–water partition coefficient (Wildman–Crippen LogP) is 3.58. The van der Waals surface area contributed by atoms with Gasteiger partial charge in [0.25, 0.3) is 0 Å². The average Bonchev–Trinajstić information content (AvgIpc) is 3.23. The van der Waals surface area contributed by atoms with Gasteiger partial charge >= 0.3 is 0 Å². The molecule has 0 amide bonds. The van der Waals surface area contributed by atoms with Gasteiger partial charge in [-0.15, -0.1) is 0 Å². The van der Waals surface area contributed by atoms with Gasteiger partial charge in [-0.1, -0.05) is 25.1 Å². The van der Waals surface area contributed by atoms with Crippen LogP contribution in [0.15, 0.2) is 48.8 Å². The van der Waals surface area contributed by atoms with Gasteiger partial charge in [0.05, 0.1) is 11.2 Å². The summed E-state index contributed by atoms with van der Waals surface area (Å²) < 4.78 is 0. The van der Waals surface area contributed by atoms with Crippen molar-refractivity contribution < 1.29 is 0 Å². The average molecular weight is 289 g/mol. The second-order valence-electron chi connectivity index (χ2n) is 5.22. The summed E-state index contributed by atoms with van der Waals surface area (Å²) in [4.78, 5) is 4.21. The first-order chi connectivity index (χ1) is 10.8. The van der Waals surface area contributed by atoms with Crippen molar-refractivity contribution in [3.63, 3.8) is 0 Å². The van der Waals surface area contributed by atoms with E-state index in [1.54, 1.807) is 0 Å². The van der Waals surface area contributed by atoms with Crippen LogP contribution in [0.3, 0.4) is 0 Å². The molecule has 4 rings (SSSR count). The van der Waals surface area contributed by atoms with Gasteiger partial charge in [0, 0.05) is 16.5 Å². The zero-order valence-corrected chi connectivity index (χ0v) is 12.2. The number of aromatic nitrogens is 5. The molecule has 0 radical (unpaired) electrons. The fraction of sp³-hybridized carbons (Fsp3) is 0.118. The summed E-state index contributed by atoms with van der Waals surface area (Å²) in [6.45, 7) is 2.16. The molecule has 0 fully saturated rings. The molecule has 5 heteroatoms. The first kappa shape index (κ1) is 12.8. The number of fused-ring (bicyclic) bond motifs is 1. The van der Waals surface area contributed by atoms with E-state index in [9.17, 15) is 0 Å².